The number of fused-ring (bicyclic) bond motifs is 1. The van der Waals surface area contributed by atoms with Gasteiger partial charge in [0, 0.05) is 33.2 Å². The molecular weight excluding hydrogens is 496 g/mol. The molecule has 0 aromatic heterocycles. The van der Waals surface area contributed by atoms with Gasteiger partial charge in [-0.2, -0.15) is 13.1 Å². The van der Waals surface area contributed by atoms with Crippen molar-refractivity contribution in [3.8, 4) is 11.5 Å². The molecule has 3 heterocycles. The summed E-state index contributed by atoms with van der Waals surface area (Å²) >= 11 is 0. The normalized spacial score (nSPS) is 18.8. The average molecular weight is 522 g/mol. The molecule has 0 spiro atoms. The Bertz CT molecular complexity index is 1300. The Morgan fingerprint density at radius 1 is 1.06 bits per heavy atom. The predicted octanol–water partition coefficient (Wildman–Crippen LogP) is 1.99. The second-order valence-electron chi connectivity index (χ2n) is 8.92. The molecular formula is C24H25F2N3O6S. The second-order valence-corrected chi connectivity index (χ2v) is 10.9. The van der Waals surface area contributed by atoms with Crippen molar-refractivity contribution in [2.24, 2.45) is 0 Å². The van der Waals surface area contributed by atoms with Crippen molar-refractivity contribution < 1.29 is 36.6 Å². The van der Waals surface area contributed by atoms with Crippen LogP contribution in [0, 0.1) is 0 Å². The van der Waals surface area contributed by atoms with Crippen LogP contribution < -0.4 is 14.4 Å². The molecule has 3 aliphatic rings. The van der Waals surface area contributed by atoms with Crippen molar-refractivity contribution >= 4 is 21.6 Å². The number of alkyl halides is 2. The van der Waals surface area contributed by atoms with Crippen LogP contribution in [0.5, 0.6) is 11.5 Å². The van der Waals surface area contributed by atoms with Gasteiger partial charge in [0.15, 0.2) is 6.10 Å². The van der Waals surface area contributed by atoms with Gasteiger partial charge in [-0.3, -0.25) is 4.79 Å². The van der Waals surface area contributed by atoms with E-state index in [1.807, 2.05) is 11.9 Å². The lowest BCUT2D eigenvalue weighted by Crippen LogP contribution is -2.38. The van der Waals surface area contributed by atoms with E-state index in [-0.39, 0.29) is 36.8 Å². The minimum absolute atomic E-state index is 0.0324. The van der Waals surface area contributed by atoms with Crippen molar-refractivity contribution in [3.63, 3.8) is 0 Å². The maximum absolute atomic E-state index is 13.0. The molecule has 5 rings (SSSR count). The first-order valence-electron chi connectivity index (χ1n) is 11.3. The Hall–Kier alpha value is -3.22. The fourth-order valence-corrected chi connectivity index (χ4v) is 6.10. The number of hydrogen-bond donors (Lipinski definition) is 1. The van der Waals surface area contributed by atoms with Crippen molar-refractivity contribution in [2.45, 2.75) is 17.6 Å². The smallest absolute Gasteiger partial charge is 0.387 e. The molecule has 0 unspecified atom stereocenters. The first-order chi connectivity index (χ1) is 17.1. The summed E-state index contributed by atoms with van der Waals surface area (Å²) < 4.78 is 61.9. The van der Waals surface area contributed by atoms with E-state index in [2.05, 4.69) is 4.74 Å². The number of ether oxygens (including phenoxy) is 2. The number of nitrogens with zero attached hydrogens (tertiary/aromatic N) is 3. The highest BCUT2D eigenvalue weighted by molar-refractivity contribution is 7.89. The molecule has 0 bridgehead atoms. The fourth-order valence-electron chi connectivity index (χ4n) is 4.67. The molecule has 12 heteroatoms. The maximum atomic E-state index is 13.0. The average Bonchev–Trinajstić information content (AvgIpc) is 3.43. The Balaban J connectivity index is 1.22. The molecule has 0 saturated carbocycles. The minimum atomic E-state index is -3.86. The van der Waals surface area contributed by atoms with E-state index in [4.69, 9.17) is 4.74 Å². The third-order valence-electron chi connectivity index (χ3n) is 6.62. The molecule has 36 heavy (non-hydrogen) atoms. The van der Waals surface area contributed by atoms with E-state index >= 15 is 0 Å². The zero-order valence-electron chi connectivity index (χ0n) is 19.4. The molecule has 192 valence electrons. The largest absolute Gasteiger partial charge is 0.490 e. The summed E-state index contributed by atoms with van der Waals surface area (Å²) in [5, 5.41) is 10.8. The summed E-state index contributed by atoms with van der Waals surface area (Å²) in [5.74, 6) is 0.121. The Kier molecular flexibility index (Phi) is 6.35. The highest BCUT2D eigenvalue weighted by Crippen LogP contribution is 2.35. The summed E-state index contributed by atoms with van der Waals surface area (Å²) in [6.45, 7) is -1.03. The van der Waals surface area contributed by atoms with Gasteiger partial charge in [-0.05, 0) is 53.1 Å². The van der Waals surface area contributed by atoms with Gasteiger partial charge in [-0.1, -0.05) is 6.07 Å². The number of hydrogen-bond acceptors (Lipinski definition) is 7. The quantitative estimate of drug-likeness (QED) is 0.581. The van der Waals surface area contributed by atoms with Crippen molar-refractivity contribution in [3.05, 3.63) is 59.2 Å². The van der Waals surface area contributed by atoms with E-state index in [1.165, 1.54) is 33.5 Å². The number of carbonyl (C=O) groups excluding carboxylic acids is 1. The van der Waals surface area contributed by atoms with Gasteiger partial charge >= 0.3 is 6.61 Å². The Morgan fingerprint density at radius 2 is 1.72 bits per heavy atom. The molecule has 0 aliphatic carbocycles. The third-order valence-corrected chi connectivity index (χ3v) is 8.43. The summed E-state index contributed by atoms with van der Waals surface area (Å²) in [5.41, 5.74) is 2.90. The van der Waals surface area contributed by atoms with Gasteiger partial charge in [-0.15, -0.1) is 0 Å². The number of aliphatic hydroxyl groups excluding tert-OH is 1. The lowest BCUT2D eigenvalue weighted by molar-refractivity contribution is -0.139. The number of rotatable bonds is 6. The molecule has 1 atom stereocenters. The number of amides is 1. The zero-order valence-corrected chi connectivity index (χ0v) is 20.2. The van der Waals surface area contributed by atoms with E-state index < -0.39 is 28.6 Å². The predicted molar refractivity (Wildman–Crippen MR) is 126 cm³/mol. The topological polar surface area (TPSA) is 99.6 Å². The number of halogens is 2. The molecule has 0 radical (unpaired) electrons. The Labute approximate surface area is 207 Å². The van der Waals surface area contributed by atoms with Crippen LogP contribution >= 0.6 is 0 Å². The molecule has 1 N–H and O–H groups in total. The monoisotopic (exact) mass is 521 g/mol. The lowest BCUT2D eigenvalue weighted by Gasteiger charge is -2.29. The number of likely N-dealkylation sites (N-methyl/N-ethyl adjacent to an activating group) is 1. The number of benzene rings is 2. The highest BCUT2D eigenvalue weighted by Gasteiger charge is 2.39. The molecule has 9 nitrogen and oxygen atoms in total. The number of sulfonamides is 1. The van der Waals surface area contributed by atoms with Crippen LogP contribution in [0.3, 0.4) is 0 Å². The van der Waals surface area contributed by atoms with Crippen LogP contribution in [0.1, 0.15) is 11.7 Å². The number of anilines is 1. The van der Waals surface area contributed by atoms with Crippen molar-refractivity contribution in [2.75, 3.05) is 51.3 Å². The van der Waals surface area contributed by atoms with Crippen molar-refractivity contribution in [1.82, 2.24) is 9.21 Å². The summed E-state index contributed by atoms with van der Waals surface area (Å²) in [4.78, 5) is 16.5. The standard InChI is InChI=1S/C24H25F2N3O6S/c1-27-8-9-34-21-7-2-15(10-20(21)27)22(30)23(31)28-11-16-13-29(14-17(16)12-28)36(32,33)19-5-3-18(4-6-19)35-24(25)26/h2-7,10,22,24,30H,8-9,11-14H2,1H3/t22-/m0/s1. The highest BCUT2D eigenvalue weighted by atomic mass is 32.2. The summed E-state index contributed by atoms with van der Waals surface area (Å²) in [6, 6.07) is 9.98. The first kappa shape index (κ1) is 24.5. The number of aliphatic hydroxyl groups is 1. The van der Waals surface area contributed by atoms with Crippen LogP contribution in [0.4, 0.5) is 14.5 Å². The van der Waals surface area contributed by atoms with E-state index in [0.717, 1.165) is 16.8 Å². The molecule has 2 aromatic rings. The third kappa shape index (κ3) is 4.51. The molecule has 0 fully saturated rings. The van der Waals surface area contributed by atoms with Crippen molar-refractivity contribution in [1.29, 1.82) is 0 Å². The Morgan fingerprint density at radius 3 is 2.36 bits per heavy atom. The van der Waals surface area contributed by atoms with Crippen LogP contribution in [0.2, 0.25) is 0 Å². The molecule has 1 amide bonds. The molecule has 2 aromatic carbocycles. The van der Waals surface area contributed by atoms with E-state index in [9.17, 15) is 27.1 Å². The fraction of sp³-hybridized carbons (Fsp3) is 0.375. The van der Waals surface area contributed by atoms with Crippen LogP contribution in [0.15, 0.2) is 58.5 Å². The minimum Gasteiger partial charge on any atom is -0.490 e. The van der Waals surface area contributed by atoms with Gasteiger partial charge in [0.1, 0.15) is 18.1 Å². The van der Waals surface area contributed by atoms with Gasteiger partial charge in [-0.25, -0.2) is 8.42 Å². The van der Waals surface area contributed by atoms with Gasteiger partial charge in [0.05, 0.1) is 17.1 Å². The van der Waals surface area contributed by atoms with Gasteiger partial charge < -0.3 is 24.4 Å². The second kappa shape index (κ2) is 9.34. The SMILES string of the molecule is CN1CCOc2ccc([C@H](O)C(=O)N3CC4=C(C3)CN(S(=O)(=O)c3ccc(OC(F)F)cc3)C4)cc21. The zero-order chi connectivity index (χ0) is 25.6. The maximum Gasteiger partial charge on any atom is 0.387 e. The van der Waals surface area contributed by atoms with Crippen LogP contribution in [0.25, 0.3) is 0 Å². The van der Waals surface area contributed by atoms with Crippen LogP contribution in [-0.4, -0.2) is 81.6 Å². The lowest BCUT2D eigenvalue weighted by atomic mass is 10.1. The molecule has 3 aliphatic heterocycles. The van der Waals surface area contributed by atoms with E-state index in [0.29, 0.717) is 24.5 Å². The van der Waals surface area contributed by atoms with Gasteiger partial charge in [0.2, 0.25) is 10.0 Å². The first-order valence-corrected chi connectivity index (χ1v) is 12.8. The van der Waals surface area contributed by atoms with Gasteiger partial charge in [0.25, 0.3) is 5.91 Å². The number of carbonyl (C=O) groups is 1. The molecule has 0 saturated heterocycles. The summed E-state index contributed by atoms with van der Waals surface area (Å²) in [6.07, 6.45) is -1.35. The van der Waals surface area contributed by atoms with Crippen LogP contribution in [-0.2, 0) is 14.8 Å². The summed E-state index contributed by atoms with van der Waals surface area (Å²) in [7, 11) is -1.94. The van der Waals surface area contributed by atoms with E-state index in [1.54, 1.807) is 18.2 Å².